The molecule has 1 saturated heterocycles. The van der Waals surface area contributed by atoms with Gasteiger partial charge in [-0.3, -0.25) is 0 Å². The number of carbonyl (C=O) groups excluding carboxylic acids is 1. The van der Waals surface area contributed by atoms with Gasteiger partial charge in [-0.1, -0.05) is 6.07 Å². The zero-order chi connectivity index (χ0) is 13.2. The predicted octanol–water partition coefficient (Wildman–Crippen LogP) is 1.08. The van der Waals surface area contributed by atoms with Crippen molar-refractivity contribution < 1.29 is 13.2 Å². The van der Waals surface area contributed by atoms with Crippen molar-refractivity contribution in [2.24, 2.45) is 0 Å². The summed E-state index contributed by atoms with van der Waals surface area (Å²) in [6.45, 7) is 1.31. The molecule has 1 unspecified atom stereocenters. The maximum absolute atomic E-state index is 11.8. The standard InChI is InChI=1S/C11H16N2O3S2/c1-18(15,16)10-4-5-13(8-10)11(14)12-7-9-3-2-6-17-9/h2-3,6,10H,4-5,7-8H2,1H3,(H,12,14). The van der Waals surface area contributed by atoms with Gasteiger partial charge in [0.05, 0.1) is 11.8 Å². The lowest BCUT2D eigenvalue weighted by atomic mass is 10.4. The Morgan fingerprint density at radius 2 is 2.39 bits per heavy atom. The van der Waals surface area contributed by atoms with E-state index in [9.17, 15) is 13.2 Å². The van der Waals surface area contributed by atoms with Crippen molar-refractivity contribution in [3.63, 3.8) is 0 Å². The Labute approximate surface area is 111 Å². The Morgan fingerprint density at radius 1 is 1.61 bits per heavy atom. The molecular weight excluding hydrogens is 272 g/mol. The Morgan fingerprint density at radius 3 is 2.94 bits per heavy atom. The van der Waals surface area contributed by atoms with Crippen LogP contribution in [0.3, 0.4) is 0 Å². The van der Waals surface area contributed by atoms with Gasteiger partial charge in [0, 0.05) is 24.2 Å². The second-order valence-electron chi connectivity index (χ2n) is 4.42. The molecule has 1 aromatic rings. The van der Waals surface area contributed by atoms with E-state index in [0.717, 1.165) is 4.88 Å². The van der Waals surface area contributed by atoms with E-state index in [2.05, 4.69) is 5.32 Å². The van der Waals surface area contributed by atoms with Crippen LogP contribution in [0.4, 0.5) is 4.79 Å². The molecule has 0 radical (unpaired) electrons. The summed E-state index contributed by atoms with van der Waals surface area (Å²) in [6.07, 6.45) is 1.76. The molecule has 0 aliphatic carbocycles. The number of carbonyl (C=O) groups is 1. The molecule has 100 valence electrons. The molecule has 1 aliphatic rings. The minimum atomic E-state index is -3.05. The first-order valence-corrected chi connectivity index (χ1v) is 8.54. The molecule has 2 heterocycles. The van der Waals surface area contributed by atoms with Gasteiger partial charge in [0.2, 0.25) is 0 Å². The molecule has 1 N–H and O–H groups in total. The van der Waals surface area contributed by atoms with Gasteiger partial charge in [0.1, 0.15) is 0 Å². The molecule has 0 bridgehead atoms. The van der Waals surface area contributed by atoms with Crippen LogP contribution in [0.15, 0.2) is 17.5 Å². The van der Waals surface area contributed by atoms with Crippen LogP contribution in [0.5, 0.6) is 0 Å². The van der Waals surface area contributed by atoms with Gasteiger partial charge in [-0.15, -0.1) is 11.3 Å². The fraction of sp³-hybridized carbons (Fsp3) is 0.545. The lowest BCUT2D eigenvalue weighted by Crippen LogP contribution is -2.39. The minimum Gasteiger partial charge on any atom is -0.333 e. The molecule has 1 aromatic heterocycles. The van der Waals surface area contributed by atoms with Gasteiger partial charge in [0.15, 0.2) is 9.84 Å². The molecular formula is C11H16N2O3S2. The third kappa shape index (κ3) is 3.23. The van der Waals surface area contributed by atoms with E-state index in [-0.39, 0.29) is 6.03 Å². The van der Waals surface area contributed by atoms with E-state index >= 15 is 0 Å². The van der Waals surface area contributed by atoms with Crippen LogP contribution < -0.4 is 5.32 Å². The first-order valence-electron chi connectivity index (χ1n) is 5.71. The van der Waals surface area contributed by atoms with Crippen LogP contribution in [0.2, 0.25) is 0 Å². The molecule has 0 spiro atoms. The molecule has 2 rings (SSSR count). The molecule has 2 amide bonds. The Kier molecular flexibility index (Phi) is 3.91. The van der Waals surface area contributed by atoms with Crippen LogP contribution in [0, 0.1) is 0 Å². The second kappa shape index (κ2) is 5.27. The molecule has 1 fully saturated rings. The predicted molar refractivity (Wildman–Crippen MR) is 71.4 cm³/mol. The summed E-state index contributed by atoms with van der Waals surface area (Å²) in [5, 5.41) is 4.34. The summed E-state index contributed by atoms with van der Waals surface area (Å²) < 4.78 is 22.8. The largest absolute Gasteiger partial charge is 0.333 e. The summed E-state index contributed by atoms with van der Waals surface area (Å²) in [6, 6.07) is 3.70. The van der Waals surface area contributed by atoms with Gasteiger partial charge in [-0.05, 0) is 17.9 Å². The van der Waals surface area contributed by atoms with Crippen molar-refractivity contribution in [1.29, 1.82) is 0 Å². The Hall–Kier alpha value is -1.08. The molecule has 7 heteroatoms. The van der Waals surface area contributed by atoms with Crippen LogP contribution in [0.25, 0.3) is 0 Å². The summed E-state index contributed by atoms with van der Waals surface area (Å²) in [5.74, 6) is 0. The smallest absolute Gasteiger partial charge is 0.317 e. The highest BCUT2D eigenvalue weighted by Crippen LogP contribution is 2.16. The molecule has 1 aliphatic heterocycles. The number of nitrogens with one attached hydrogen (secondary N) is 1. The van der Waals surface area contributed by atoms with Gasteiger partial charge in [-0.25, -0.2) is 13.2 Å². The summed E-state index contributed by atoms with van der Waals surface area (Å²) in [5.41, 5.74) is 0. The van der Waals surface area contributed by atoms with Crippen molar-refractivity contribution in [1.82, 2.24) is 10.2 Å². The second-order valence-corrected chi connectivity index (χ2v) is 7.78. The number of hydrogen-bond donors (Lipinski definition) is 1. The average Bonchev–Trinajstić information content (AvgIpc) is 2.96. The molecule has 1 atom stereocenters. The van der Waals surface area contributed by atoms with Crippen LogP contribution in [-0.4, -0.2) is 43.9 Å². The molecule has 0 saturated carbocycles. The number of urea groups is 1. The normalized spacial score (nSPS) is 20.1. The lowest BCUT2D eigenvalue weighted by molar-refractivity contribution is 0.208. The number of rotatable bonds is 3. The fourth-order valence-electron chi connectivity index (χ4n) is 1.95. The van der Waals surface area contributed by atoms with Crippen LogP contribution >= 0.6 is 11.3 Å². The van der Waals surface area contributed by atoms with Crippen molar-refractivity contribution >= 4 is 27.2 Å². The number of likely N-dealkylation sites (tertiary alicyclic amines) is 1. The van der Waals surface area contributed by atoms with Crippen molar-refractivity contribution in [3.8, 4) is 0 Å². The van der Waals surface area contributed by atoms with Crippen molar-refractivity contribution in [2.45, 2.75) is 18.2 Å². The average molecular weight is 288 g/mol. The van der Waals surface area contributed by atoms with E-state index < -0.39 is 15.1 Å². The van der Waals surface area contributed by atoms with E-state index in [1.165, 1.54) is 6.26 Å². The topological polar surface area (TPSA) is 66.5 Å². The monoisotopic (exact) mass is 288 g/mol. The first kappa shape index (κ1) is 13.4. The highest BCUT2D eigenvalue weighted by Gasteiger charge is 2.32. The lowest BCUT2D eigenvalue weighted by Gasteiger charge is -2.16. The SMILES string of the molecule is CS(=O)(=O)C1CCN(C(=O)NCc2cccs2)C1. The summed E-state index contributed by atoms with van der Waals surface area (Å²) in [7, 11) is -3.05. The summed E-state index contributed by atoms with van der Waals surface area (Å²) in [4.78, 5) is 14.5. The van der Waals surface area contributed by atoms with Gasteiger partial charge >= 0.3 is 6.03 Å². The molecule has 18 heavy (non-hydrogen) atoms. The zero-order valence-electron chi connectivity index (χ0n) is 10.1. The van der Waals surface area contributed by atoms with E-state index in [4.69, 9.17) is 0 Å². The first-order chi connectivity index (χ1) is 8.47. The number of sulfone groups is 1. The van der Waals surface area contributed by atoms with E-state index in [1.54, 1.807) is 16.2 Å². The van der Waals surface area contributed by atoms with Gasteiger partial charge in [-0.2, -0.15) is 0 Å². The van der Waals surface area contributed by atoms with E-state index in [1.807, 2.05) is 17.5 Å². The quantitative estimate of drug-likeness (QED) is 0.905. The highest BCUT2D eigenvalue weighted by molar-refractivity contribution is 7.91. The fourth-order valence-corrected chi connectivity index (χ4v) is 3.58. The minimum absolute atomic E-state index is 0.186. The third-order valence-corrected chi connectivity index (χ3v) is 5.50. The van der Waals surface area contributed by atoms with E-state index in [0.29, 0.717) is 26.1 Å². The Bertz CT molecular complexity index is 510. The number of nitrogens with zero attached hydrogens (tertiary/aromatic N) is 1. The van der Waals surface area contributed by atoms with Gasteiger partial charge in [0.25, 0.3) is 0 Å². The maximum Gasteiger partial charge on any atom is 0.317 e. The van der Waals surface area contributed by atoms with Gasteiger partial charge < -0.3 is 10.2 Å². The van der Waals surface area contributed by atoms with Crippen molar-refractivity contribution in [2.75, 3.05) is 19.3 Å². The number of hydrogen-bond acceptors (Lipinski definition) is 4. The number of thiophene rings is 1. The molecule has 5 nitrogen and oxygen atoms in total. The maximum atomic E-state index is 11.8. The molecule has 0 aromatic carbocycles. The van der Waals surface area contributed by atoms with Crippen LogP contribution in [0.1, 0.15) is 11.3 Å². The number of amides is 2. The summed E-state index contributed by atoms with van der Waals surface area (Å²) >= 11 is 1.58. The zero-order valence-corrected chi connectivity index (χ0v) is 11.8. The van der Waals surface area contributed by atoms with Crippen LogP contribution in [-0.2, 0) is 16.4 Å². The third-order valence-electron chi connectivity index (χ3n) is 3.03. The Balaban J connectivity index is 1.84. The van der Waals surface area contributed by atoms with Crippen molar-refractivity contribution in [3.05, 3.63) is 22.4 Å². The highest BCUT2D eigenvalue weighted by atomic mass is 32.2.